The fourth-order valence-corrected chi connectivity index (χ4v) is 3.14. The fourth-order valence-electron chi connectivity index (χ4n) is 3.14. The van der Waals surface area contributed by atoms with Crippen molar-refractivity contribution in [3.63, 3.8) is 0 Å². The van der Waals surface area contributed by atoms with Crippen molar-refractivity contribution in [3.8, 4) is 0 Å². The predicted molar refractivity (Wildman–Crippen MR) is 103 cm³/mol. The van der Waals surface area contributed by atoms with Gasteiger partial charge in [0.2, 0.25) is 5.91 Å². The molecular weight excluding hydrogens is 310 g/mol. The number of hydrogen-bond acceptors (Lipinski definition) is 3. The third-order valence-electron chi connectivity index (χ3n) is 4.72. The lowest BCUT2D eigenvalue weighted by molar-refractivity contribution is -0.131. The monoisotopic (exact) mass is 337 g/mol. The number of amides is 1. The molecule has 2 aromatic rings. The number of para-hydroxylation sites is 1. The smallest absolute Gasteiger partial charge is 0.223 e. The Labute approximate surface area is 150 Å². The van der Waals surface area contributed by atoms with Crippen LogP contribution in [0.4, 0.5) is 5.69 Å². The van der Waals surface area contributed by atoms with E-state index >= 15 is 0 Å². The highest BCUT2D eigenvalue weighted by molar-refractivity contribution is 5.76. The van der Waals surface area contributed by atoms with E-state index in [1.54, 1.807) is 0 Å². The van der Waals surface area contributed by atoms with Gasteiger partial charge in [0.15, 0.2) is 0 Å². The molecule has 0 saturated carbocycles. The maximum absolute atomic E-state index is 12.4. The van der Waals surface area contributed by atoms with E-state index in [1.165, 1.54) is 16.8 Å². The number of aryl methyl sites for hydroxylation is 1. The van der Waals surface area contributed by atoms with Crippen LogP contribution in [0.25, 0.3) is 0 Å². The van der Waals surface area contributed by atoms with Gasteiger partial charge in [-0.05, 0) is 24.6 Å². The van der Waals surface area contributed by atoms with Crippen LogP contribution < -0.4 is 10.2 Å². The zero-order valence-corrected chi connectivity index (χ0v) is 14.9. The van der Waals surface area contributed by atoms with Crippen molar-refractivity contribution >= 4 is 11.6 Å². The molecule has 132 valence electrons. The van der Waals surface area contributed by atoms with Crippen molar-refractivity contribution in [2.75, 3.05) is 37.6 Å². The van der Waals surface area contributed by atoms with Crippen LogP contribution in [-0.4, -0.2) is 43.5 Å². The summed E-state index contributed by atoms with van der Waals surface area (Å²) >= 11 is 0. The highest BCUT2D eigenvalue weighted by atomic mass is 16.2. The Hall–Kier alpha value is -2.33. The molecule has 0 atom stereocenters. The highest BCUT2D eigenvalue weighted by Crippen LogP contribution is 2.15. The first-order chi connectivity index (χ1) is 12.2. The molecule has 4 heteroatoms. The minimum absolute atomic E-state index is 0.254. The number of benzene rings is 2. The van der Waals surface area contributed by atoms with E-state index in [1.807, 2.05) is 11.0 Å². The van der Waals surface area contributed by atoms with Crippen molar-refractivity contribution in [3.05, 3.63) is 65.7 Å². The molecule has 1 heterocycles. The second kappa shape index (κ2) is 8.67. The number of hydrogen-bond donors (Lipinski definition) is 1. The summed E-state index contributed by atoms with van der Waals surface area (Å²) in [5.41, 5.74) is 3.78. The average molecular weight is 337 g/mol. The van der Waals surface area contributed by atoms with Crippen molar-refractivity contribution in [2.45, 2.75) is 19.9 Å². The van der Waals surface area contributed by atoms with E-state index in [-0.39, 0.29) is 5.91 Å². The zero-order chi connectivity index (χ0) is 17.5. The Morgan fingerprint density at radius 2 is 1.64 bits per heavy atom. The summed E-state index contributed by atoms with van der Waals surface area (Å²) in [5.74, 6) is 0.254. The molecule has 1 aliphatic heterocycles. The molecular formula is C21H27N3O. The summed E-state index contributed by atoms with van der Waals surface area (Å²) in [6.45, 7) is 7.07. The first-order valence-electron chi connectivity index (χ1n) is 9.06. The molecule has 1 fully saturated rings. The number of rotatable bonds is 6. The maximum Gasteiger partial charge on any atom is 0.223 e. The number of nitrogens with zero attached hydrogens (tertiary/aromatic N) is 2. The van der Waals surface area contributed by atoms with Crippen molar-refractivity contribution < 1.29 is 4.79 Å². The molecule has 4 nitrogen and oxygen atoms in total. The van der Waals surface area contributed by atoms with Crippen LogP contribution in [0.15, 0.2) is 54.6 Å². The normalized spacial score (nSPS) is 14.6. The molecule has 1 aliphatic rings. The summed E-state index contributed by atoms with van der Waals surface area (Å²) in [6, 6.07) is 18.9. The molecule has 25 heavy (non-hydrogen) atoms. The number of carbonyl (C=O) groups is 1. The van der Waals surface area contributed by atoms with Crippen molar-refractivity contribution in [2.24, 2.45) is 0 Å². The summed E-state index contributed by atoms with van der Waals surface area (Å²) in [7, 11) is 0. The van der Waals surface area contributed by atoms with Gasteiger partial charge in [-0.3, -0.25) is 4.79 Å². The molecule has 1 N–H and O–H groups in total. The Balaban J connectivity index is 1.36. The van der Waals surface area contributed by atoms with Crippen molar-refractivity contribution in [1.29, 1.82) is 0 Å². The first-order valence-corrected chi connectivity index (χ1v) is 9.06. The van der Waals surface area contributed by atoms with Gasteiger partial charge in [0, 0.05) is 51.4 Å². The summed E-state index contributed by atoms with van der Waals surface area (Å²) in [6.07, 6.45) is 0.567. The largest absolute Gasteiger partial charge is 0.368 e. The molecule has 0 aliphatic carbocycles. The molecule has 1 amide bonds. The van der Waals surface area contributed by atoms with Gasteiger partial charge in [-0.25, -0.2) is 0 Å². The number of piperazine rings is 1. The van der Waals surface area contributed by atoms with Gasteiger partial charge in [0.1, 0.15) is 0 Å². The second-order valence-electron chi connectivity index (χ2n) is 6.62. The third kappa shape index (κ3) is 5.07. The van der Waals surface area contributed by atoms with Crippen LogP contribution >= 0.6 is 0 Å². The van der Waals surface area contributed by atoms with Gasteiger partial charge < -0.3 is 15.1 Å². The summed E-state index contributed by atoms with van der Waals surface area (Å²) in [5, 5.41) is 3.37. The maximum atomic E-state index is 12.4. The molecule has 0 radical (unpaired) electrons. The third-order valence-corrected chi connectivity index (χ3v) is 4.72. The van der Waals surface area contributed by atoms with E-state index in [0.29, 0.717) is 6.42 Å². The quantitative estimate of drug-likeness (QED) is 0.824. The molecule has 2 aromatic carbocycles. The van der Waals surface area contributed by atoms with Crippen LogP contribution in [0.3, 0.4) is 0 Å². The number of nitrogens with one attached hydrogen (secondary N) is 1. The zero-order valence-electron chi connectivity index (χ0n) is 14.9. The van der Waals surface area contributed by atoms with Crippen LogP contribution in [0, 0.1) is 6.92 Å². The number of carbonyl (C=O) groups excluding carboxylic acids is 1. The van der Waals surface area contributed by atoms with Crippen LogP contribution in [0.5, 0.6) is 0 Å². The Morgan fingerprint density at radius 3 is 2.32 bits per heavy atom. The molecule has 0 unspecified atom stereocenters. The lowest BCUT2D eigenvalue weighted by Crippen LogP contribution is -2.49. The number of anilines is 1. The van der Waals surface area contributed by atoms with Gasteiger partial charge in [-0.2, -0.15) is 0 Å². The average Bonchev–Trinajstić information content (AvgIpc) is 2.67. The van der Waals surface area contributed by atoms with E-state index in [0.717, 1.165) is 39.3 Å². The fraction of sp³-hybridized carbons (Fsp3) is 0.381. The minimum Gasteiger partial charge on any atom is -0.368 e. The minimum atomic E-state index is 0.254. The molecule has 0 spiro atoms. The van der Waals surface area contributed by atoms with Crippen LogP contribution in [-0.2, 0) is 11.3 Å². The van der Waals surface area contributed by atoms with Gasteiger partial charge in [0.25, 0.3) is 0 Å². The summed E-state index contributed by atoms with van der Waals surface area (Å²) < 4.78 is 0. The van der Waals surface area contributed by atoms with Gasteiger partial charge in [0.05, 0.1) is 0 Å². The lowest BCUT2D eigenvalue weighted by atomic mass is 10.1. The van der Waals surface area contributed by atoms with Gasteiger partial charge in [-0.15, -0.1) is 0 Å². The van der Waals surface area contributed by atoms with Gasteiger partial charge >= 0.3 is 0 Å². The van der Waals surface area contributed by atoms with Gasteiger partial charge in [-0.1, -0.05) is 48.0 Å². The van der Waals surface area contributed by atoms with Crippen LogP contribution in [0.1, 0.15) is 17.5 Å². The Kier molecular flexibility index (Phi) is 6.07. The van der Waals surface area contributed by atoms with E-state index in [2.05, 4.69) is 65.7 Å². The Morgan fingerprint density at radius 1 is 0.960 bits per heavy atom. The molecule has 0 aromatic heterocycles. The molecule has 0 bridgehead atoms. The Bertz CT molecular complexity index is 661. The predicted octanol–water partition coefficient (Wildman–Crippen LogP) is 2.82. The van der Waals surface area contributed by atoms with E-state index in [4.69, 9.17) is 0 Å². The topological polar surface area (TPSA) is 35.6 Å². The second-order valence-corrected chi connectivity index (χ2v) is 6.62. The van der Waals surface area contributed by atoms with Crippen LogP contribution in [0.2, 0.25) is 0 Å². The molecule has 1 saturated heterocycles. The lowest BCUT2D eigenvalue weighted by Gasteiger charge is -2.36. The highest BCUT2D eigenvalue weighted by Gasteiger charge is 2.20. The standard InChI is InChI=1S/C21H27N3O/c1-18-7-9-19(10-8-18)17-22-12-11-21(25)24-15-13-23(14-16-24)20-5-3-2-4-6-20/h2-10,22H,11-17H2,1H3. The first kappa shape index (κ1) is 17.5. The van der Waals surface area contributed by atoms with Crippen molar-refractivity contribution in [1.82, 2.24) is 10.2 Å². The van der Waals surface area contributed by atoms with E-state index < -0.39 is 0 Å². The molecule has 3 rings (SSSR count). The van der Waals surface area contributed by atoms with E-state index in [9.17, 15) is 4.79 Å². The summed E-state index contributed by atoms with van der Waals surface area (Å²) in [4.78, 5) is 16.7. The SMILES string of the molecule is Cc1ccc(CNCCC(=O)N2CCN(c3ccccc3)CC2)cc1.